The molecule has 5 heteroatoms. The van der Waals surface area contributed by atoms with Crippen LogP contribution in [0, 0.1) is 5.82 Å². The third-order valence-corrected chi connectivity index (χ3v) is 2.54. The quantitative estimate of drug-likeness (QED) is 0.681. The fourth-order valence-corrected chi connectivity index (χ4v) is 1.67. The van der Waals surface area contributed by atoms with Gasteiger partial charge in [-0.1, -0.05) is 0 Å². The van der Waals surface area contributed by atoms with E-state index in [9.17, 15) is 9.18 Å². The van der Waals surface area contributed by atoms with E-state index in [1.165, 1.54) is 17.1 Å². The molecular weight excluding hydrogens is 209 g/mol. The number of halogens is 1. The van der Waals surface area contributed by atoms with Crippen LogP contribution in [0.1, 0.15) is 20.8 Å². The average molecular weight is 223 g/mol. The van der Waals surface area contributed by atoms with Crippen LogP contribution in [0.5, 0.6) is 0 Å². The van der Waals surface area contributed by atoms with Crippen LogP contribution in [0.15, 0.2) is 17.3 Å². The van der Waals surface area contributed by atoms with E-state index < -0.39 is 5.82 Å². The van der Waals surface area contributed by atoms with Gasteiger partial charge in [-0.25, -0.2) is 9.37 Å². The second-order valence-corrected chi connectivity index (χ2v) is 4.88. The number of rotatable bonds is 0. The summed E-state index contributed by atoms with van der Waals surface area (Å²) < 4.78 is 16.7. The summed E-state index contributed by atoms with van der Waals surface area (Å²) in [5.41, 5.74) is -0.263. The van der Waals surface area contributed by atoms with Gasteiger partial charge in [0, 0.05) is 18.8 Å². The Morgan fingerprint density at radius 2 is 2.00 bits per heavy atom. The Hall–Kier alpha value is -1.65. The van der Waals surface area contributed by atoms with Crippen molar-refractivity contribution in [2.75, 3.05) is 0 Å². The number of hydrogen-bond donors (Lipinski definition) is 0. The first-order chi connectivity index (χ1) is 7.32. The lowest BCUT2D eigenvalue weighted by molar-refractivity contribution is 0.403. The molecule has 0 aliphatic heterocycles. The standard InChI is InChI=1S/C11H14FN3O/c1-11(2,3)15-5-7(12)8-9(15)13-6-14(4)10(8)16/h5-6H,1-4H3. The minimum atomic E-state index is -0.515. The van der Waals surface area contributed by atoms with Crippen LogP contribution in [0.25, 0.3) is 11.0 Å². The average Bonchev–Trinajstić information content (AvgIpc) is 2.50. The van der Waals surface area contributed by atoms with Crippen molar-refractivity contribution in [2.24, 2.45) is 7.05 Å². The summed E-state index contributed by atoms with van der Waals surface area (Å²) >= 11 is 0. The lowest BCUT2D eigenvalue weighted by Gasteiger charge is -2.21. The van der Waals surface area contributed by atoms with Crippen LogP contribution >= 0.6 is 0 Å². The molecule has 0 radical (unpaired) electrons. The summed E-state index contributed by atoms with van der Waals surface area (Å²) in [6.07, 6.45) is 2.74. The van der Waals surface area contributed by atoms with Crippen LogP contribution in [0.2, 0.25) is 0 Å². The van der Waals surface area contributed by atoms with Crippen LogP contribution in [-0.4, -0.2) is 14.1 Å². The second kappa shape index (κ2) is 3.17. The van der Waals surface area contributed by atoms with Crippen molar-refractivity contribution in [1.82, 2.24) is 14.1 Å². The van der Waals surface area contributed by atoms with Gasteiger partial charge in [-0.2, -0.15) is 0 Å². The minimum Gasteiger partial charge on any atom is -0.324 e. The van der Waals surface area contributed by atoms with Gasteiger partial charge < -0.3 is 9.13 Å². The van der Waals surface area contributed by atoms with E-state index >= 15 is 0 Å². The predicted molar refractivity (Wildman–Crippen MR) is 59.9 cm³/mol. The van der Waals surface area contributed by atoms with E-state index in [0.29, 0.717) is 5.65 Å². The summed E-state index contributed by atoms with van der Waals surface area (Å²) in [5.74, 6) is -0.515. The molecule has 0 spiro atoms. The zero-order valence-corrected chi connectivity index (χ0v) is 9.78. The van der Waals surface area contributed by atoms with Crippen molar-refractivity contribution in [3.05, 3.63) is 28.7 Å². The van der Waals surface area contributed by atoms with E-state index in [-0.39, 0.29) is 16.5 Å². The van der Waals surface area contributed by atoms with E-state index in [4.69, 9.17) is 0 Å². The first-order valence-electron chi connectivity index (χ1n) is 5.05. The summed E-state index contributed by atoms with van der Waals surface area (Å²) in [6.45, 7) is 5.81. The van der Waals surface area contributed by atoms with Crippen molar-refractivity contribution >= 4 is 11.0 Å². The molecule has 0 aliphatic rings. The molecule has 4 nitrogen and oxygen atoms in total. The van der Waals surface area contributed by atoms with Gasteiger partial charge in [0.1, 0.15) is 5.39 Å². The van der Waals surface area contributed by atoms with Crippen molar-refractivity contribution in [3.8, 4) is 0 Å². The molecule has 0 unspecified atom stereocenters. The van der Waals surface area contributed by atoms with E-state index in [1.54, 1.807) is 11.6 Å². The Balaban J connectivity index is 2.94. The normalized spacial score (nSPS) is 12.3. The summed E-state index contributed by atoms with van der Waals surface area (Å²) in [5, 5.41) is 0.0555. The Labute approximate surface area is 92.3 Å². The molecule has 0 saturated heterocycles. The molecule has 2 aromatic rings. The first-order valence-corrected chi connectivity index (χ1v) is 5.05. The third kappa shape index (κ3) is 1.43. The highest BCUT2D eigenvalue weighted by Crippen LogP contribution is 2.22. The van der Waals surface area contributed by atoms with Crippen LogP contribution in [0.4, 0.5) is 4.39 Å². The number of aryl methyl sites for hydroxylation is 1. The molecule has 2 rings (SSSR count). The molecule has 2 aromatic heterocycles. The van der Waals surface area contributed by atoms with E-state index in [1.807, 2.05) is 20.8 Å². The van der Waals surface area contributed by atoms with E-state index in [0.717, 1.165) is 0 Å². The summed E-state index contributed by atoms with van der Waals surface area (Å²) in [4.78, 5) is 15.9. The van der Waals surface area contributed by atoms with Gasteiger partial charge in [-0.3, -0.25) is 4.79 Å². The van der Waals surface area contributed by atoms with Crippen molar-refractivity contribution in [3.63, 3.8) is 0 Å². The predicted octanol–water partition coefficient (Wildman–Crippen LogP) is 1.63. The van der Waals surface area contributed by atoms with Crippen molar-refractivity contribution in [2.45, 2.75) is 26.3 Å². The molecule has 16 heavy (non-hydrogen) atoms. The summed E-state index contributed by atoms with van der Waals surface area (Å²) in [7, 11) is 1.56. The SMILES string of the molecule is Cn1cnc2c(c(F)cn2C(C)(C)C)c1=O. The van der Waals surface area contributed by atoms with Gasteiger partial charge >= 0.3 is 0 Å². The molecule has 2 heterocycles. The molecule has 0 atom stereocenters. The second-order valence-electron chi connectivity index (χ2n) is 4.88. The van der Waals surface area contributed by atoms with Gasteiger partial charge in [-0.15, -0.1) is 0 Å². The Morgan fingerprint density at radius 1 is 1.38 bits per heavy atom. The van der Waals surface area contributed by atoms with Gasteiger partial charge in [0.25, 0.3) is 5.56 Å². The maximum Gasteiger partial charge on any atom is 0.265 e. The first kappa shape index (κ1) is 10.9. The monoisotopic (exact) mass is 223 g/mol. The van der Waals surface area contributed by atoms with E-state index in [2.05, 4.69) is 4.98 Å². The fourth-order valence-electron chi connectivity index (χ4n) is 1.67. The fraction of sp³-hybridized carbons (Fsp3) is 0.455. The van der Waals surface area contributed by atoms with Crippen LogP contribution in [-0.2, 0) is 12.6 Å². The van der Waals surface area contributed by atoms with Gasteiger partial charge in [0.15, 0.2) is 11.5 Å². The maximum atomic E-state index is 13.7. The molecule has 0 bridgehead atoms. The number of nitrogens with zero attached hydrogens (tertiary/aromatic N) is 3. The van der Waals surface area contributed by atoms with Crippen molar-refractivity contribution in [1.29, 1.82) is 0 Å². The Kier molecular flexibility index (Phi) is 2.15. The molecule has 0 saturated carbocycles. The Morgan fingerprint density at radius 3 is 2.56 bits per heavy atom. The lowest BCUT2D eigenvalue weighted by Crippen LogP contribution is -2.23. The van der Waals surface area contributed by atoms with Crippen molar-refractivity contribution < 1.29 is 4.39 Å². The molecule has 86 valence electrons. The number of hydrogen-bond acceptors (Lipinski definition) is 2. The molecule has 0 aromatic carbocycles. The third-order valence-electron chi connectivity index (χ3n) is 2.54. The zero-order chi connectivity index (χ0) is 12.1. The van der Waals surface area contributed by atoms with Gasteiger partial charge in [0.05, 0.1) is 6.33 Å². The Bertz CT molecular complexity index is 604. The number of aromatic nitrogens is 3. The van der Waals surface area contributed by atoms with Crippen LogP contribution in [0.3, 0.4) is 0 Å². The minimum absolute atomic E-state index is 0.0555. The molecular formula is C11H14FN3O. The largest absolute Gasteiger partial charge is 0.324 e. The lowest BCUT2D eigenvalue weighted by atomic mass is 10.1. The van der Waals surface area contributed by atoms with Gasteiger partial charge in [0.2, 0.25) is 0 Å². The highest BCUT2D eigenvalue weighted by atomic mass is 19.1. The zero-order valence-electron chi connectivity index (χ0n) is 9.78. The topological polar surface area (TPSA) is 39.8 Å². The summed E-state index contributed by atoms with van der Waals surface area (Å²) in [6, 6.07) is 0. The highest BCUT2D eigenvalue weighted by Gasteiger charge is 2.21. The molecule has 0 aliphatic carbocycles. The van der Waals surface area contributed by atoms with Crippen LogP contribution < -0.4 is 5.56 Å². The smallest absolute Gasteiger partial charge is 0.265 e. The molecule has 0 fully saturated rings. The molecule has 0 amide bonds. The van der Waals surface area contributed by atoms with Gasteiger partial charge in [-0.05, 0) is 20.8 Å². The highest BCUT2D eigenvalue weighted by molar-refractivity contribution is 5.76. The number of fused-ring (bicyclic) bond motifs is 1. The maximum absolute atomic E-state index is 13.7. The molecule has 0 N–H and O–H groups in total.